The van der Waals surface area contributed by atoms with Crippen LogP contribution >= 0.6 is 0 Å². The summed E-state index contributed by atoms with van der Waals surface area (Å²) in [6, 6.07) is 0. The molecule has 0 aromatic rings. The molecule has 1 rings (SSSR count). The number of hydrogen-bond acceptors (Lipinski definition) is 3. The van der Waals surface area contributed by atoms with Crippen LogP contribution in [0.4, 0.5) is 0 Å². The molecule has 16 heavy (non-hydrogen) atoms. The van der Waals surface area contributed by atoms with Crippen molar-refractivity contribution in [2.45, 2.75) is 51.6 Å². The molecule has 0 saturated carbocycles. The number of hydrogen-bond donors (Lipinski definition) is 1. The Bertz CT molecular complexity index is 147. The Kier molecular flexibility index (Phi) is 8.77. The van der Waals surface area contributed by atoms with Gasteiger partial charge in [-0.2, -0.15) is 0 Å². The van der Waals surface area contributed by atoms with Crippen LogP contribution in [0.25, 0.3) is 0 Å². The van der Waals surface area contributed by atoms with Gasteiger partial charge in [-0.1, -0.05) is 39.0 Å². The van der Waals surface area contributed by atoms with E-state index < -0.39 is 0 Å². The van der Waals surface area contributed by atoms with Gasteiger partial charge >= 0.3 is 0 Å². The minimum atomic E-state index is 0.272. The number of unbranched alkanes of at least 4 members (excludes halogenated alkanes) is 5. The molecule has 1 heterocycles. The first-order valence-electron chi connectivity index (χ1n) is 6.83. The van der Waals surface area contributed by atoms with Crippen molar-refractivity contribution in [3.63, 3.8) is 0 Å². The van der Waals surface area contributed by atoms with E-state index in [4.69, 9.17) is 9.47 Å². The molecule has 1 aliphatic heterocycles. The monoisotopic (exact) mass is 229 g/mol. The molecule has 0 bridgehead atoms. The van der Waals surface area contributed by atoms with Crippen molar-refractivity contribution in [1.29, 1.82) is 0 Å². The SMILES string of the molecule is CCCCCCCCOCC1CNCCO1. The highest BCUT2D eigenvalue weighted by Crippen LogP contribution is 2.05. The lowest BCUT2D eigenvalue weighted by molar-refractivity contribution is -0.0319. The fourth-order valence-corrected chi connectivity index (χ4v) is 1.93. The van der Waals surface area contributed by atoms with E-state index in [0.717, 1.165) is 32.9 Å². The topological polar surface area (TPSA) is 30.5 Å². The lowest BCUT2D eigenvalue weighted by atomic mass is 10.1. The van der Waals surface area contributed by atoms with Crippen LogP contribution in [0.3, 0.4) is 0 Å². The predicted molar refractivity (Wildman–Crippen MR) is 66.8 cm³/mol. The standard InChI is InChI=1S/C13H27NO2/c1-2-3-4-5-6-7-9-15-12-13-11-14-8-10-16-13/h13-14H,2-12H2,1H3. The van der Waals surface area contributed by atoms with E-state index in [1.165, 1.54) is 38.5 Å². The van der Waals surface area contributed by atoms with Gasteiger partial charge in [0.25, 0.3) is 0 Å². The van der Waals surface area contributed by atoms with Crippen LogP contribution in [0.5, 0.6) is 0 Å². The molecule has 1 aliphatic rings. The summed E-state index contributed by atoms with van der Waals surface area (Å²) in [5, 5.41) is 3.31. The van der Waals surface area contributed by atoms with E-state index in [2.05, 4.69) is 12.2 Å². The molecule has 3 nitrogen and oxygen atoms in total. The highest BCUT2D eigenvalue weighted by molar-refractivity contribution is 4.65. The Labute approximate surface area is 99.9 Å². The van der Waals surface area contributed by atoms with Crippen molar-refractivity contribution in [1.82, 2.24) is 5.32 Å². The van der Waals surface area contributed by atoms with Gasteiger partial charge in [0.05, 0.1) is 19.3 Å². The normalized spacial score (nSPS) is 21.2. The van der Waals surface area contributed by atoms with Crippen LogP contribution < -0.4 is 5.32 Å². The molecule has 0 aliphatic carbocycles. The van der Waals surface area contributed by atoms with Crippen LogP contribution in [0.2, 0.25) is 0 Å². The summed E-state index contributed by atoms with van der Waals surface area (Å²) >= 11 is 0. The van der Waals surface area contributed by atoms with Gasteiger partial charge in [0, 0.05) is 19.7 Å². The second-order valence-corrected chi connectivity index (χ2v) is 4.54. The highest BCUT2D eigenvalue weighted by atomic mass is 16.5. The van der Waals surface area contributed by atoms with E-state index in [1.54, 1.807) is 0 Å². The molecule has 0 radical (unpaired) electrons. The number of ether oxygens (including phenoxy) is 2. The molecule has 1 unspecified atom stereocenters. The molecule has 0 aromatic heterocycles. The molecule has 1 saturated heterocycles. The van der Waals surface area contributed by atoms with E-state index in [0.29, 0.717) is 0 Å². The zero-order valence-corrected chi connectivity index (χ0v) is 10.7. The van der Waals surface area contributed by atoms with Crippen LogP contribution in [0.15, 0.2) is 0 Å². The van der Waals surface area contributed by atoms with Crippen molar-refractivity contribution in [3.05, 3.63) is 0 Å². The summed E-state index contributed by atoms with van der Waals surface area (Å²) in [5.41, 5.74) is 0. The summed E-state index contributed by atoms with van der Waals surface area (Å²) < 4.78 is 11.2. The maximum Gasteiger partial charge on any atom is 0.0933 e. The first-order valence-corrected chi connectivity index (χ1v) is 6.83. The van der Waals surface area contributed by atoms with Crippen LogP contribution in [-0.2, 0) is 9.47 Å². The molecule has 0 spiro atoms. The lowest BCUT2D eigenvalue weighted by Gasteiger charge is -2.23. The van der Waals surface area contributed by atoms with Gasteiger partial charge in [-0.3, -0.25) is 0 Å². The first-order chi connectivity index (χ1) is 7.93. The first kappa shape index (κ1) is 13.9. The lowest BCUT2D eigenvalue weighted by Crippen LogP contribution is -2.41. The molecule has 0 amide bonds. The molecule has 3 heteroatoms. The van der Waals surface area contributed by atoms with Crippen molar-refractivity contribution in [3.8, 4) is 0 Å². The summed E-state index contributed by atoms with van der Waals surface area (Å²) in [4.78, 5) is 0. The molecule has 1 fully saturated rings. The van der Waals surface area contributed by atoms with Gasteiger partial charge < -0.3 is 14.8 Å². The second kappa shape index (κ2) is 10.1. The third-order valence-electron chi connectivity index (χ3n) is 2.95. The fraction of sp³-hybridized carbons (Fsp3) is 1.00. The largest absolute Gasteiger partial charge is 0.379 e. The zero-order chi connectivity index (χ0) is 11.5. The van der Waals surface area contributed by atoms with Crippen molar-refractivity contribution in [2.24, 2.45) is 0 Å². The van der Waals surface area contributed by atoms with Gasteiger partial charge in [-0.15, -0.1) is 0 Å². The van der Waals surface area contributed by atoms with Crippen molar-refractivity contribution < 1.29 is 9.47 Å². The van der Waals surface area contributed by atoms with Gasteiger partial charge in [0.15, 0.2) is 0 Å². The molecule has 96 valence electrons. The van der Waals surface area contributed by atoms with Gasteiger partial charge in [0.2, 0.25) is 0 Å². The van der Waals surface area contributed by atoms with E-state index in [9.17, 15) is 0 Å². The van der Waals surface area contributed by atoms with Crippen LogP contribution in [0.1, 0.15) is 45.4 Å². The Morgan fingerprint density at radius 3 is 2.75 bits per heavy atom. The van der Waals surface area contributed by atoms with E-state index in [1.807, 2.05) is 0 Å². The van der Waals surface area contributed by atoms with Crippen LogP contribution in [-0.4, -0.2) is 39.0 Å². The minimum absolute atomic E-state index is 0.272. The van der Waals surface area contributed by atoms with Crippen LogP contribution in [0, 0.1) is 0 Å². The third-order valence-corrected chi connectivity index (χ3v) is 2.95. The molecular formula is C13H27NO2. The number of morpholine rings is 1. The summed E-state index contributed by atoms with van der Waals surface area (Å²) in [6.45, 7) is 6.64. The van der Waals surface area contributed by atoms with Gasteiger partial charge in [-0.05, 0) is 6.42 Å². The minimum Gasteiger partial charge on any atom is -0.379 e. The average Bonchev–Trinajstić information content (AvgIpc) is 2.34. The Hall–Kier alpha value is -0.120. The zero-order valence-electron chi connectivity index (χ0n) is 10.7. The molecule has 1 atom stereocenters. The fourth-order valence-electron chi connectivity index (χ4n) is 1.93. The van der Waals surface area contributed by atoms with E-state index in [-0.39, 0.29) is 6.10 Å². The summed E-state index contributed by atoms with van der Waals surface area (Å²) in [5.74, 6) is 0. The second-order valence-electron chi connectivity index (χ2n) is 4.54. The summed E-state index contributed by atoms with van der Waals surface area (Å²) in [6.07, 6.45) is 8.22. The smallest absolute Gasteiger partial charge is 0.0933 e. The third kappa shape index (κ3) is 7.20. The Balaban J connectivity index is 1.77. The average molecular weight is 229 g/mol. The molecular weight excluding hydrogens is 202 g/mol. The quantitative estimate of drug-likeness (QED) is 0.616. The number of nitrogens with one attached hydrogen (secondary N) is 1. The Morgan fingerprint density at radius 2 is 2.00 bits per heavy atom. The van der Waals surface area contributed by atoms with Gasteiger partial charge in [-0.25, -0.2) is 0 Å². The highest BCUT2D eigenvalue weighted by Gasteiger charge is 2.12. The van der Waals surface area contributed by atoms with Gasteiger partial charge in [0.1, 0.15) is 0 Å². The maximum absolute atomic E-state index is 5.61. The Morgan fingerprint density at radius 1 is 1.19 bits per heavy atom. The predicted octanol–water partition coefficient (Wildman–Crippen LogP) is 2.35. The summed E-state index contributed by atoms with van der Waals surface area (Å²) in [7, 11) is 0. The maximum atomic E-state index is 5.61. The molecule has 1 N–H and O–H groups in total. The van der Waals surface area contributed by atoms with Crippen molar-refractivity contribution in [2.75, 3.05) is 32.9 Å². The van der Waals surface area contributed by atoms with Crippen molar-refractivity contribution >= 4 is 0 Å². The number of rotatable bonds is 9. The van der Waals surface area contributed by atoms with E-state index >= 15 is 0 Å². The molecule has 0 aromatic carbocycles.